The lowest BCUT2D eigenvalue weighted by atomic mass is 9.93. The number of rotatable bonds is 30. The molecule has 1 aromatic carbocycles. The predicted molar refractivity (Wildman–Crippen MR) is 184 cm³/mol. The third-order valence-corrected chi connectivity index (χ3v) is 9.17. The molecule has 0 saturated heterocycles. The fourth-order valence-corrected chi connectivity index (χ4v) is 6.33. The van der Waals surface area contributed by atoms with E-state index >= 15 is 0 Å². The summed E-state index contributed by atoms with van der Waals surface area (Å²) in [6.45, 7) is 4.57. The van der Waals surface area contributed by atoms with E-state index in [-0.39, 0.29) is 0 Å². The third-order valence-electron chi connectivity index (χ3n) is 9.17. The van der Waals surface area contributed by atoms with Gasteiger partial charge in [0.05, 0.1) is 23.3 Å². The monoisotopic (exact) mass is 577 g/mol. The molecule has 2 heteroatoms. The van der Waals surface area contributed by atoms with E-state index in [0.717, 1.165) is 47.9 Å². The highest BCUT2D eigenvalue weighted by atomic mass is 14.3. The smallest absolute Gasteiger partial charge is 0.0994 e. The zero-order chi connectivity index (χ0) is 30.4. The van der Waals surface area contributed by atoms with Gasteiger partial charge in [0.2, 0.25) is 0 Å². The van der Waals surface area contributed by atoms with Crippen LogP contribution in [0.15, 0.2) is 12.1 Å². The van der Waals surface area contributed by atoms with Crippen molar-refractivity contribution in [2.75, 3.05) is 0 Å². The second kappa shape index (κ2) is 29.3. The molecule has 0 aromatic heterocycles. The zero-order valence-corrected chi connectivity index (χ0v) is 28.3. The maximum absolute atomic E-state index is 9.78. The topological polar surface area (TPSA) is 47.6 Å². The fourth-order valence-electron chi connectivity index (χ4n) is 6.33. The third kappa shape index (κ3) is 21.0. The summed E-state index contributed by atoms with van der Waals surface area (Å²) in [6, 6.07) is 8.91. The number of hydrogen-bond donors (Lipinski definition) is 0. The summed E-state index contributed by atoms with van der Waals surface area (Å²) in [6.07, 6.45) is 39.9. The first-order valence-electron chi connectivity index (χ1n) is 18.7. The second-order valence-electron chi connectivity index (χ2n) is 13.1. The van der Waals surface area contributed by atoms with E-state index in [4.69, 9.17) is 0 Å². The molecule has 2 nitrogen and oxygen atoms in total. The van der Waals surface area contributed by atoms with Crippen molar-refractivity contribution in [3.05, 3.63) is 34.4 Å². The molecule has 0 aliphatic heterocycles. The molecule has 0 aliphatic rings. The van der Waals surface area contributed by atoms with E-state index in [2.05, 4.69) is 26.0 Å². The molecule has 0 N–H and O–H groups in total. The van der Waals surface area contributed by atoms with Crippen LogP contribution in [-0.2, 0) is 12.8 Å². The van der Waals surface area contributed by atoms with Crippen LogP contribution in [0, 0.1) is 22.7 Å². The van der Waals surface area contributed by atoms with E-state index in [9.17, 15) is 10.5 Å². The maximum Gasteiger partial charge on any atom is 0.0994 e. The van der Waals surface area contributed by atoms with Crippen LogP contribution in [0.5, 0.6) is 0 Å². The molecule has 0 heterocycles. The van der Waals surface area contributed by atoms with Crippen LogP contribution < -0.4 is 0 Å². The Hall–Kier alpha value is -1.80. The van der Waals surface area contributed by atoms with Gasteiger partial charge in [-0.3, -0.25) is 0 Å². The molecule has 0 radical (unpaired) electrons. The van der Waals surface area contributed by atoms with Gasteiger partial charge in [-0.05, 0) is 48.9 Å². The van der Waals surface area contributed by atoms with E-state index in [1.54, 1.807) is 0 Å². The van der Waals surface area contributed by atoms with Crippen molar-refractivity contribution < 1.29 is 0 Å². The molecule has 0 saturated carbocycles. The summed E-state index contributed by atoms with van der Waals surface area (Å²) in [7, 11) is 0. The minimum Gasteiger partial charge on any atom is -0.192 e. The Labute approximate surface area is 263 Å². The quantitative estimate of drug-likeness (QED) is 0.0855. The van der Waals surface area contributed by atoms with Gasteiger partial charge in [0, 0.05) is 0 Å². The maximum atomic E-state index is 9.78. The number of aryl methyl sites for hydroxylation is 2. The summed E-state index contributed by atoms with van der Waals surface area (Å²) in [4.78, 5) is 0. The van der Waals surface area contributed by atoms with Crippen molar-refractivity contribution in [1.29, 1.82) is 10.5 Å². The first kappa shape index (κ1) is 38.2. The first-order chi connectivity index (χ1) is 20.8. The lowest BCUT2D eigenvalue weighted by Gasteiger charge is -2.10. The van der Waals surface area contributed by atoms with Gasteiger partial charge in [-0.1, -0.05) is 181 Å². The molecule has 0 bridgehead atoms. The molecule has 0 aliphatic carbocycles. The number of hydrogen-bond acceptors (Lipinski definition) is 2. The molecule has 1 rings (SSSR count). The fraction of sp³-hybridized carbons (Fsp3) is 0.800. The Morgan fingerprint density at radius 1 is 0.357 bits per heavy atom. The Kier molecular flexibility index (Phi) is 26.6. The van der Waals surface area contributed by atoms with Gasteiger partial charge in [0.15, 0.2) is 0 Å². The lowest BCUT2D eigenvalue weighted by molar-refractivity contribution is 0.535. The molecule has 0 atom stereocenters. The van der Waals surface area contributed by atoms with Gasteiger partial charge in [0.25, 0.3) is 0 Å². The van der Waals surface area contributed by atoms with Gasteiger partial charge in [-0.2, -0.15) is 10.5 Å². The van der Waals surface area contributed by atoms with Crippen LogP contribution in [0.25, 0.3) is 0 Å². The number of benzene rings is 1. The largest absolute Gasteiger partial charge is 0.192 e. The van der Waals surface area contributed by atoms with Crippen LogP contribution in [0.2, 0.25) is 0 Å². The molecule has 0 amide bonds. The molecule has 0 unspecified atom stereocenters. The van der Waals surface area contributed by atoms with Crippen molar-refractivity contribution in [3.63, 3.8) is 0 Å². The van der Waals surface area contributed by atoms with Crippen LogP contribution in [0.3, 0.4) is 0 Å². The molecular weight excluding hydrogens is 508 g/mol. The average Bonchev–Trinajstić information content (AvgIpc) is 3.01. The van der Waals surface area contributed by atoms with Crippen LogP contribution in [0.1, 0.15) is 216 Å². The Bertz CT molecular complexity index is 758. The Balaban J connectivity index is 2.13. The molecule has 0 fully saturated rings. The van der Waals surface area contributed by atoms with Gasteiger partial charge in [-0.25, -0.2) is 0 Å². The minimum absolute atomic E-state index is 0.795. The highest BCUT2D eigenvalue weighted by molar-refractivity contribution is 5.49. The second-order valence-corrected chi connectivity index (χ2v) is 13.1. The van der Waals surface area contributed by atoms with Crippen molar-refractivity contribution in [1.82, 2.24) is 0 Å². The summed E-state index contributed by atoms with van der Waals surface area (Å²) >= 11 is 0. The molecule has 0 spiro atoms. The number of nitriles is 2. The lowest BCUT2D eigenvalue weighted by Crippen LogP contribution is -1.99. The molecule has 42 heavy (non-hydrogen) atoms. The van der Waals surface area contributed by atoms with Gasteiger partial charge < -0.3 is 0 Å². The van der Waals surface area contributed by atoms with Crippen molar-refractivity contribution in [3.8, 4) is 12.1 Å². The summed E-state index contributed by atoms with van der Waals surface area (Å²) in [5.74, 6) is 0. The van der Waals surface area contributed by atoms with Crippen molar-refractivity contribution in [2.24, 2.45) is 0 Å². The number of unbranched alkanes of at least 4 members (excludes halogenated alkanes) is 26. The van der Waals surface area contributed by atoms with Crippen LogP contribution in [0.4, 0.5) is 0 Å². The standard InChI is InChI=1S/C40H68N2/c1-3-5-7-9-11-13-15-17-19-21-23-25-27-29-31-37-33-40(36-42)38(34-39(37)35-41)32-30-28-26-24-22-20-18-16-14-12-10-8-6-4-2/h33-34H,3-32H2,1-2H3. The normalized spacial score (nSPS) is 11.0. The summed E-state index contributed by atoms with van der Waals surface area (Å²) in [5.41, 5.74) is 3.75. The average molecular weight is 577 g/mol. The SMILES string of the molecule is CCCCCCCCCCCCCCCCc1cc(C#N)c(CCCCCCCCCCCCCCCC)cc1C#N. The van der Waals surface area contributed by atoms with Gasteiger partial charge in [0.1, 0.15) is 0 Å². The van der Waals surface area contributed by atoms with Crippen LogP contribution in [-0.4, -0.2) is 0 Å². The Morgan fingerprint density at radius 2 is 0.571 bits per heavy atom. The van der Waals surface area contributed by atoms with Gasteiger partial charge in [-0.15, -0.1) is 0 Å². The minimum atomic E-state index is 0.795. The van der Waals surface area contributed by atoms with E-state index in [1.165, 1.54) is 167 Å². The zero-order valence-electron chi connectivity index (χ0n) is 28.3. The van der Waals surface area contributed by atoms with E-state index in [0.29, 0.717) is 0 Å². The summed E-state index contributed by atoms with van der Waals surface area (Å²) < 4.78 is 0. The Morgan fingerprint density at radius 3 is 0.786 bits per heavy atom. The number of nitrogens with zero attached hydrogens (tertiary/aromatic N) is 2. The molecular formula is C40H68N2. The van der Waals surface area contributed by atoms with Crippen molar-refractivity contribution >= 4 is 0 Å². The summed E-state index contributed by atoms with van der Waals surface area (Å²) in [5, 5.41) is 19.6. The highest BCUT2D eigenvalue weighted by Crippen LogP contribution is 2.22. The first-order valence-corrected chi connectivity index (χ1v) is 18.7. The highest BCUT2D eigenvalue weighted by Gasteiger charge is 2.10. The van der Waals surface area contributed by atoms with E-state index in [1.807, 2.05) is 12.1 Å². The van der Waals surface area contributed by atoms with E-state index < -0.39 is 0 Å². The molecule has 1 aromatic rings. The van der Waals surface area contributed by atoms with Crippen molar-refractivity contribution in [2.45, 2.75) is 206 Å². The predicted octanol–water partition coefficient (Wildman–Crippen LogP) is 13.5. The van der Waals surface area contributed by atoms with Gasteiger partial charge >= 0.3 is 0 Å². The van der Waals surface area contributed by atoms with Crippen LogP contribution >= 0.6 is 0 Å². The molecule has 238 valence electrons.